The molecule has 1 atom stereocenters. The van der Waals surface area contributed by atoms with Gasteiger partial charge in [-0.05, 0) is 38.0 Å². The van der Waals surface area contributed by atoms with E-state index in [9.17, 15) is 9.50 Å². The van der Waals surface area contributed by atoms with Gasteiger partial charge in [0.05, 0.1) is 11.3 Å². The van der Waals surface area contributed by atoms with E-state index < -0.39 is 11.4 Å². The molecule has 1 aromatic rings. The van der Waals surface area contributed by atoms with Crippen molar-refractivity contribution >= 4 is 11.5 Å². The molecule has 1 unspecified atom stereocenters. The Kier molecular flexibility index (Phi) is 3.26. The monoisotopic (exact) mass is 251 g/mol. The number of hydrogen-bond acceptors (Lipinski definition) is 3. The maximum atomic E-state index is 14.0. The molecule has 0 amide bonds. The van der Waals surface area contributed by atoms with E-state index in [2.05, 4.69) is 0 Å². The molecule has 0 bridgehead atoms. The van der Waals surface area contributed by atoms with E-state index in [0.29, 0.717) is 17.8 Å². The molecule has 0 saturated carbocycles. The summed E-state index contributed by atoms with van der Waals surface area (Å²) in [7, 11) is 0. The van der Waals surface area contributed by atoms with E-state index >= 15 is 0 Å². The van der Waals surface area contributed by atoms with Crippen LogP contribution < -0.4 is 10.6 Å². The maximum absolute atomic E-state index is 14.0. The summed E-state index contributed by atoms with van der Waals surface area (Å²) in [6.07, 6.45) is 1.57. The maximum Gasteiger partial charge on any atom is 0.147 e. The molecule has 1 heterocycles. The molecular formula is C13H18FN3O. The van der Waals surface area contributed by atoms with E-state index in [4.69, 9.17) is 11.1 Å². The molecule has 1 fully saturated rings. The van der Waals surface area contributed by atoms with Crippen LogP contribution in [0.1, 0.15) is 25.3 Å². The first-order valence-electron chi connectivity index (χ1n) is 6.00. The number of amidine groups is 1. The van der Waals surface area contributed by atoms with Gasteiger partial charge >= 0.3 is 0 Å². The van der Waals surface area contributed by atoms with Gasteiger partial charge in [0.15, 0.2) is 0 Å². The second kappa shape index (κ2) is 4.57. The van der Waals surface area contributed by atoms with Crippen molar-refractivity contribution in [2.24, 2.45) is 5.73 Å². The number of anilines is 1. The van der Waals surface area contributed by atoms with Gasteiger partial charge in [-0.2, -0.15) is 0 Å². The normalized spacial score (nSPS) is 24.1. The molecule has 0 radical (unpaired) electrons. The van der Waals surface area contributed by atoms with Crippen LogP contribution in [0.15, 0.2) is 18.2 Å². The Labute approximate surface area is 106 Å². The molecule has 1 aliphatic heterocycles. The summed E-state index contributed by atoms with van der Waals surface area (Å²) < 4.78 is 14.0. The third-order valence-corrected chi connectivity index (χ3v) is 3.27. The summed E-state index contributed by atoms with van der Waals surface area (Å²) in [6, 6.07) is 4.51. The Morgan fingerprint density at radius 1 is 1.56 bits per heavy atom. The van der Waals surface area contributed by atoms with Crippen LogP contribution in [0.3, 0.4) is 0 Å². The molecule has 1 saturated heterocycles. The number of hydrogen-bond donors (Lipinski definition) is 3. The summed E-state index contributed by atoms with van der Waals surface area (Å²) in [5.41, 5.74) is 5.38. The largest absolute Gasteiger partial charge is 0.388 e. The third kappa shape index (κ3) is 2.61. The highest BCUT2D eigenvalue weighted by Gasteiger charge is 2.29. The molecule has 98 valence electrons. The van der Waals surface area contributed by atoms with Crippen LogP contribution >= 0.6 is 0 Å². The van der Waals surface area contributed by atoms with Gasteiger partial charge in [0.25, 0.3) is 0 Å². The molecule has 0 aromatic heterocycles. The van der Waals surface area contributed by atoms with Gasteiger partial charge in [0.2, 0.25) is 0 Å². The number of halogens is 1. The molecule has 5 heteroatoms. The molecule has 0 spiro atoms. The van der Waals surface area contributed by atoms with Crippen LogP contribution in [-0.4, -0.2) is 29.6 Å². The standard InChI is InChI=1S/C13H18FN3O/c1-13(18)5-2-6-17(8-13)11-4-3-9(12(15)16)7-10(11)14/h3-4,7,18H,2,5-6,8H2,1H3,(H3,15,16). The topological polar surface area (TPSA) is 73.3 Å². The van der Waals surface area contributed by atoms with Crippen LogP contribution in [0.4, 0.5) is 10.1 Å². The number of β-amino-alcohol motifs (C(OH)–C–C–N with tert-alkyl or cyclic N) is 1. The lowest BCUT2D eigenvalue weighted by Crippen LogP contribution is -2.46. The number of nitrogens with one attached hydrogen (secondary N) is 1. The highest BCUT2D eigenvalue weighted by Crippen LogP contribution is 2.28. The Balaban J connectivity index is 2.26. The van der Waals surface area contributed by atoms with E-state index in [1.54, 1.807) is 19.1 Å². The third-order valence-electron chi connectivity index (χ3n) is 3.27. The lowest BCUT2D eigenvalue weighted by Gasteiger charge is -2.38. The fraction of sp³-hybridized carbons (Fsp3) is 0.462. The quantitative estimate of drug-likeness (QED) is 0.550. The van der Waals surface area contributed by atoms with Crippen molar-refractivity contribution in [2.45, 2.75) is 25.4 Å². The van der Waals surface area contributed by atoms with Gasteiger partial charge in [0.1, 0.15) is 11.7 Å². The second-order valence-electron chi connectivity index (χ2n) is 5.10. The average molecular weight is 251 g/mol. The number of nitrogens with two attached hydrogens (primary N) is 1. The smallest absolute Gasteiger partial charge is 0.147 e. The first kappa shape index (κ1) is 12.8. The Morgan fingerprint density at radius 3 is 2.83 bits per heavy atom. The second-order valence-corrected chi connectivity index (χ2v) is 5.10. The van der Waals surface area contributed by atoms with Crippen molar-refractivity contribution in [3.05, 3.63) is 29.6 Å². The van der Waals surface area contributed by atoms with E-state index in [-0.39, 0.29) is 5.84 Å². The minimum absolute atomic E-state index is 0.147. The van der Waals surface area contributed by atoms with Crippen molar-refractivity contribution in [2.75, 3.05) is 18.0 Å². The lowest BCUT2D eigenvalue weighted by atomic mass is 9.94. The summed E-state index contributed by atoms with van der Waals surface area (Å²) in [5.74, 6) is -0.550. The first-order chi connectivity index (χ1) is 8.39. The molecule has 4 nitrogen and oxygen atoms in total. The number of piperidine rings is 1. The molecule has 4 N–H and O–H groups in total. The highest BCUT2D eigenvalue weighted by molar-refractivity contribution is 5.95. The molecule has 2 rings (SSSR count). The summed E-state index contributed by atoms with van der Waals surface area (Å²) in [5, 5.41) is 17.3. The van der Waals surface area contributed by atoms with Crippen molar-refractivity contribution in [3.8, 4) is 0 Å². The van der Waals surface area contributed by atoms with Gasteiger partial charge in [-0.3, -0.25) is 5.41 Å². The SMILES string of the molecule is CC1(O)CCCN(c2ccc(C(=N)N)cc2F)C1. The fourth-order valence-electron chi connectivity index (χ4n) is 2.36. The van der Waals surface area contributed by atoms with Crippen molar-refractivity contribution in [1.82, 2.24) is 0 Å². The van der Waals surface area contributed by atoms with Crippen molar-refractivity contribution in [3.63, 3.8) is 0 Å². The molecule has 1 aliphatic rings. The Bertz CT molecular complexity index is 473. The Morgan fingerprint density at radius 2 is 2.28 bits per heavy atom. The zero-order valence-corrected chi connectivity index (χ0v) is 10.4. The summed E-state index contributed by atoms with van der Waals surface area (Å²) in [4.78, 5) is 1.84. The Hall–Kier alpha value is -1.62. The molecule has 1 aromatic carbocycles. The minimum Gasteiger partial charge on any atom is -0.388 e. The number of nitrogens with zero attached hydrogens (tertiary/aromatic N) is 1. The average Bonchev–Trinajstić information content (AvgIpc) is 2.27. The van der Waals surface area contributed by atoms with Gasteiger partial charge in [-0.15, -0.1) is 0 Å². The van der Waals surface area contributed by atoms with Crippen LogP contribution in [-0.2, 0) is 0 Å². The molecule has 0 aliphatic carbocycles. The van der Waals surface area contributed by atoms with E-state index in [0.717, 1.165) is 19.4 Å². The van der Waals surface area contributed by atoms with Gasteiger partial charge in [0, 0.05) is 18.7 Å². The van der Waals surface area contributed by atoms with Gasteiger partial charge in [-0.1, -0.05) is 0 Å². The predicted molar refractivity (Wildman–Crippen MR) is 69.5 cm³/mol. The first-order valence-corrected chi connectivity index (χ1v) is 6.00. The summed E-state index contributed by atoms with van der Waals surface area (Å²) >= 11 is 0. The van der Waals surface area contributed by atoms with E-state index in [1.807, 2.05) is 4.90 Å². The zero-order chi connectivity index (χ0) is 13.3. The predicted octanol–water partition coefficient (Wildman–Crippen LogP) is 1.46. The van der Waals surface area contributed by atoms with E-state index in [1.165, 1.54) is 6.07 Å². The van der Waals surface area contributed by atoms with Crippen LogP contribution in [0.2, 0.25) is 0 Å². The number of nitrogen functional groups attached to an aromatic ring is 1. The number of aliphatic hydroxyl groups is 1. The van der Waals surface area contributed by atoms with Crippen LogP contribution in [0.5, 0.6) is 0 Å². The summed E-state index contributed by atoms with van der Waals surface area (Å²) in [6.45, 7) is 2.91. The number of rotatable bonds is 2. The van der Waals surface area contributed by atoms with Gasteiger partial charge in [-0.25, -0.2) is 4.39 Å². The lowest BCUT2D eigenvalue weighted by molar-refractivity contribution is 0.0447. The molecular weight excluding hydrogens is 233 g/mol. The number of benzene rings is 1. The van der Waals surface area contributed by atoms with Crippen LogP contribution in [0.25, 0.3) is 0 Å². The van der Waals surface area contributed by atoms with Crippen molar-refractivity contribution in [1.29, 1.82) is 5.41 Å². The highest BCUT2D eigenvalue weighted by atomic mass is 19.1. The van der Waals surface area contributed by atoms with Crippen molar-refractivity contribution < 1.29 is 9.50 Å². The molecule has 18 heavy (non-hydrogen) atoms. The van der Waals surface area contributed by atoms with Crippen LogP contribution in [0, 0.1) is 11.2 Å². The zero-order valence-electron chi connectivity index (χ0n) is 10.4. The van der Waals surface area contributed by atoms with Gasteiger partial charge < -0.3 is 15.7 Å². The fourth-order valence-corrected chi connectivity index (χ4v) is 2.36. The minimum atomic E-state index is -0.774.